The van der Waals surface area contributed by atoms with Crippen molar-refractivity contribution in [1.29, 1.82) is 0 Å². The van der Waals surface area contributed by atoms with Gasteiger partial charge in [0.05, 0.1) is 0 Å². The van der Waals surface area contributed by atoms with Crippen molar-refractivity contribution < 1.29 is 4.74 Å². The lowest BCUT2D eigenvalue weighted by Crippen LogP contribution is -2.11. The van der Waals surface area contributed by atoms with Crippen molar-refractivity contribution in [1.82, 2.24) is 0 Å². The third-order valence-corrected chi connectivity index (χ3v) is 2.13. The van der Waals surface area contributed by atoms with E-state index in [4.69, 9.17) is 4.74 Å². The zero-order valence-corrected chi connectivity index (χ0v) is 6.23. The fraction of sp³-hybridized carbons (Fsp3) is 1.00. The van der Waals surface area contributed by atoms with E-state index < -0.39 is 0 Å². The minimum atomic E-state index is 0.878. The zero-order chi connectivity index (χ0) is 6.53. The zero-order valence-electron chi connectivity index (χ0n) is 6.23. The van der Waals surface area contributed by atoms with Gasteiger partial charge in [0.15, 0.2) is 0 Å². The third kappa shape index (κ3) is 2.35. The molecule has 0 aliphatic heterocycles. The average Bonchev–Trinajstić information content (AvgIpc) is 1.91. The molecular weight excluding hydrogens is 112 g/mol. The molecule has 0 atom stereocenters. The molecule has 0 spiro atoms. The Hall–Kier alpha value is -0.0400. The summed E-state index contributed by atoms with van der Waals surface area (Å²) in [6.07, 6.45) is 7.09. The van der Waals surface area contributed by atoms with Gasteiger partial charge in [-0.25, -0.2) is 0 Å². The topological polar surface area (TPSA) is 9.23 Å². The van der Waals surface area contributed by atoms with Crippen molar-refractivity contribution in [3.05, 3.63) is 0 Å². The molecular formula is C8H16O. The van der Waals surface area contributed by atoms with Crippen LogP contribution in [0.3, 0.4) is 0 Å². The summed E-state index contributed by atoms with van der Waals surface area (Å²) in [7, 11) is 1.80. The molecule has 1 aliphatic carbocycles. The van der Waals surface area contributed by atoms with Gasteiger partial charge < -0.3 is 4.74 Å². The molecule has 54 valence electrons. The molecule has 1 heteroatoms. The molecule has 1 saturated carbocycles. The van der Waals surface area contributed by atoms with Crippen LogP contribution >= 0.6 is 0 Å². The molecule has 0 bridgehead atoms. The van der Waals surface area contributed by atoms with Gasteiger partial charge >= 0.3 is 0 Å². The van der Waals surface area contributed by atoms with Crippen molar-refractivity contribution in [3.63, 3.8) is 0 Å². The van der Waals surface area contributed by atoms with Gasteiger partial charge in [0.1, 0.15) is 0 Å². The van der Waals surface area contributed by atoms with Crippen LogP contribution in [-0.2, 0) is 4.74 Å². The van der Waals surface area contributed by atoms with E-state index >= 15 is 0 Å². The van der Waals surface area contributed by atoms with Crippen molar-refractivity contribution in [2.75, 3.05) is 13.7 Å². The number of methoxy groups -OCH3 is 1. The summed E-state index contributed by atoms with van der Waals surface area (Å²) >= 11 is 0. The van der Waals surface area contributed by atoms with E-state index in [2.05, 4.69) is 0 Å². The third-order valence-electron chi connectivity index (χ3n) is 2.13. The summed E-state index contributed by atoms with van der Waals surface area (Å²) in [6, 6.07) is 0. The van der Waals surface area contributed by atoms with E-state index in [9.17, 15) is 0 Å². The van der Waals surface area contributed by atoms with Gasteiger partial charge in [-0.05, 0) is 18.8 Å². The maximum Gasteiger partial charge on any atom is 0.0490 e. The molecule has 0 N–H and O–H groups in total. The van der Waals surface area contributed by atoms with Crippen molar-refractivity contribution in [2.45, 2.75) is 32.1 Å². The predicted molar refractivity (Wildman–Crippen MR) is 38.5 cm³/mol. The minimum Gasteiger partial charge on any atom is -0.384 e. The van der Waals surface area contributed by atoms with Crippen LogP contribution in [0.15, 0.2) is 0 Å². The fourth-order valence-electron chi connectivity index (χ4n) is 1.59. The molecule has 1 rings (SSSR count). The highest BCUT2D eigenvalue weighted by atomic mass is 16.5. The minimum absolute atomic E-state index is 0.878. The largest absolute Gasteiger partial charge is 0.384 e. The normalized spacial score (nSPS) is 22.3. The van der Waals surface area contributed by atoms with Gasteiger partial charge in [0.25, 0.3) is 0 Å². The van der Waals surface area contributed by atoms with E-state index in [1.54, 1.807) is 7.11 Å². The van der Waals surface area contributed by atoms with E-state index in [0.29, 0.717) is 0 Å². The molecule has 0 amide bonds. The summed E-state index contributed by atoms with van der Waals surface area (Å²) in [5.74, 6) is 0.878. The van der Waals surface area contributed by atoms with Gasteiger partial charge in [0.2, 0.25) is 0 Å². The molecule has 1 fully saturated rings. The van der Waals surface area contributed by atoms with Gasteiger partial charge in [-0.3, -0.25) is 0 Å². The molecule has 0 aromatic carbocycles. The maximum absolute atomic E-state index is 5.08. The Bertz CT molecular complexity index is 62.2. The Morgan fingerprint density at radius 3 is 2.44 bits per heavy atom. The number of hydrogen-bond donors (Lipinski definition) is 0. The fourth-order valence-corrected chi connectivity index (χ4v) is 1.59. The highest BCUT2D eigenvalue weighted by molar-refractivity contribution is 4.64. The summed E-state index contributed by atoms with van der Waals surface area (Å²) in [5.41, 5.74) is 0. The Morgan fingerprint density at radius 1 is 1.22 bits per heavy atom. The van der Waals surface area contributed by atoms with E-state index in [0.717, 1.165) is 12.5 Å². The van der Waals surface area contributed by atoms with E-state index in [1.165, 1.54) is 32.1 Å². The molecule has 1 aliphatic rings. The lowest BCUT2D eigenvalue weighted by molar-refractivity contribution is 0.131. The monoisotopic (exact) mass is 128 g/mol. The van der Waals surface area contributed by atoms with Gasteiger partial charge in [-0.15, -0.1) is 0 Å². The summed E-state index contributed by atoms with van der Waals surface area (Å²) in [4.78, 5) is 0. The average molecular weight is 128 g/mol. The summed E-state index contributed by atoms with van der Waals surface area (Å²) < 4.78 is 5.08. The molecule has 1 nitrogen and oxygen atoms in total. The second-order valence-electron chi connectivity index (χ2n) is 2.96. The highest BCUT2D eigenvalue weighted by Crippen LogP contribution is 2.23. The molecule has 0 aromatic rings. The van der Waals surface area contributed by atoms with E-state index in [-0.39, 0.29) is 0 Å². The Morgan fingerprint density at radius 2 is 1.89 bits per heavy atom. The molecule has 0 radical (unpaired) electrons. The first kappa shape index (κ1) is 7.07. The molecule has 0 aromatic heterocycles. The second kappa shape index (κ2) is 3.89. The molecule has 0 heterocycles. The highest BCUT2D eigenvalue weighted by Gasteiger charge is 2.11. The van der Waals surface area contributed by atoms with Crippen LogP contribution < -0.4 is 0 Å². The summed E-state index contributed by atoms with van der Waals surface area (Å²) in [6.45, 7) is 0.986. The molecule has 0 unspecified atom stereocenters. The van der Waals surface area contributed by atoms with Crippen molar-refractivity contribution >= 4 is 0 Å². The number of hydrogen-bond acceptors (Lipinski definition) is 1. The van der Waals surface area contributed by atoms with E-state index in [1.807, 2.05) is 0 Å². The standard InChI is InChI=1S/C8H16O/c1-9-7-8-5-3-2-4-6-8/h8H,2-7H2,1H3. The first-order valence-corrected chi connectivity index (χ1v) is 3.92. The van der Waals surface area contributed by atoms with Crippen LogP contribution in [0.2, 0.25) is 0 Å². The quantitative estimate of drug-likeness (QED) is 0.554. The van der Waals surface area contributed by atoms with Crippen LogP contribution in [0, 0.1) is 5.92 Å². The predicted octanol–water partition coefficient (Wildman–Crippen LogP) is 2.21. The Labute approximate surface area is 57.4 Å². The van der Waals surface area contributed by atoms with Crippen LogP contribution in [0.1, 0.15) is 32.1 Å². The molecule has 0 saturated heterocycles. The summed E-state index contributed by atoms with van der Waals surface area (Å²) in [5, 5.41) is 0. The number of rotatable bonds is 2. The van der Waals surface area contributed by atoms with Crippen LogP contribution in [0.5, 0.6) is 0 Å². The molecule has 9 heavy (non-hydrogen) atoms. The van der Waals surface area contributed by atoms with Crippen LogP contribution in [0.4, 0.5) is 0 Å². The van der Waals surface area contributed by atoms with Gasteiger partial charge in [-0.2, -0.15) is 0 Å². The first-order valence-electron chi connectivity index (χ1n) is 3.92. The lowest BCUT2D eigenvalue weighted by atomic mass is 9.90. The van der Waals surface area contributed by atoms with Gasteiger partial charge in [-0.1, -0.05) is 19.3 Å². The smallest absolute Gasteiger partial charge is 0.0490 e. The number of ether oxygens (including phenoxy) is 1. The van der Waals surface area contributed by atoms with Crippen molar-refractivity contribution in [2.24, 2.45) is 5.92 Å². The second-order valence-corrected chi connectivity index (χ2v) is 2.96. The Balaban J connectivity index is 2.08. The van der Waals surface area contributed by atoms with Gasteiger partial charge in [0, 0.05) is 13.7 Å². The van der Waals surface area contributed by atoms with Crippen LogP contribution in [-0.4, -0.2) is 13.7 Å². The van der Waals surface area contributed by atoms with Crippen LogP contribution in [0.25, 0.3) is 0 Å². The van der Waals surface area contributed by atoms with Crippen molar-refractivity contribution in [3.8, 4) is 0 Å². The maximum atomic E-state index is 5.08. The Kier molecular flexibility index (Phi) is 3.05. The first-order chi connectivity index (χ1) is 4.43. The SMILES string of the molecule is COCC1CCCCC1. The lowest BCUT2D eigenvalue weighted by Gasteiger charge is -2.19.